The Morgan fingerprint density at radius 1 is 1.43 bits per heavy atom. The van der Waals surface area contributed by atoms with Gasteiger partial charge in [0.2, 0.25) is 5.78 Å². The lowest BCUT2D eigenvalue weighted by molar-refractivity contribution is 0.104. The van der Waals surface area contributed by atoms with Gasteiger partial charge in [-0.3, -0.25) is 4.79 Å². The van der Waals surface area contributed by atoms with Crippen molar-refractivity contribution in [1.29, 1.82) is 0 Å². The monoisotopic (exact) mass is 270 g/mol. The summed E-state index contributed by atoms with van der Waals surface area (Å²) in [6.07, 6.45) is 1.50. The zero-order valence-corrected chi connectivity index (χ0v) is 9.81. The minimum Gasteiger partial charge on any atom is -0.457 e. The van der Waals surface area contributed by atoms with Crippen LogP contribution in [-0.2, 0) is 0 Å². The molecule has 0 aliphatic rings. The van der Waals surface area contributed by atoms with Gasteiger partial charge in [0.25, 0.3) is 0 Å². The molecule has 2 nitrogen and oxygen atoms in total. The molecule has 0 aromatic carbocycles. The van der Waals surface area contributed by atoms with E-state index in [-0.39, 0.29) is 5.78 Å². The van der Waals surface area contributed by atoms with E-state index >= 15 is 0 Å². The van der Waals surface area contributed by atoms with Crippen molar-refractivity contribution < 1.29 is 9.21 Å². The van der Waals surface area contributed by atoms with Gasteiger partial charge >= 0.3 is 0 Å². The van der Waals surface area contributed by atoms with E-state index in [2.05, 4.69) is 15.9 Å². The maximum atomic E-state index is 11.9. The second-order valence-corrected chi connectivity index (χ2v) is 4.86. The molecule has 0 saturated heterocycles. The standard InChI is InChI=1S/C10H7BrO2S/c1-6-2-3-8(14-6)9(12)7-4-5-13-10(7)11/h2-5H,1H3. The van der Waals surface area contributed by atoms with Crippen LogP contribution in [0.2, 0.25) is 0 Å². The van der Waals surface area contributed by atoms with Gasteiger partial charge in [0.15, 0.2) is 4.67 Å². The van der Waals surface area contributed by atoms with Crippen molar-refractivity contribution in [2.24, 2.45) is 0 Å². The summed E-state index contributed by atoms with van der Waals surface area (Å²) >= 11 is 4.68. The Morgan fingerprint density at radius 2 is 2.21 bits per heavy atom. The van der Waals surface area contributed by atoms with Crippen LogP contribution in [0.3, 0.4) is 0 Å². The summed E-state index contributed by atoms with van der Waals surface area (Å²) in [5.41, 5.74) is 0.576. The highest BCUT2D eigenvalue weighted by Gasteiger charge is 2.15. The van der Waals surface area contributed by atoms with E-state index in [9.17, 15) is 4.79 Å². The quantitative estimate of drug-likeness (QED) is 0.780. The first kappa shape index (κ1) is 9.68. The maximum absolute atomic E-state index is 11.9. The van der Waals surface area contributed by atoms with Gasteiger partial charge in [-0.1, -0.05) is 0 Å². The van der Waals surface area contributed by atoms with E-state index in [4.69, 9.17) is 4.42 Å². The normalized spacial score (nSPS) is 10.4. The van der Waals surface area contributed by atoms with Crippen LogP contribution in [0.4, 0.5) is 0 Å². The van der Waals surface area contributed by atoms with E-state index in [1.54, 1.807) is 6.07 Å². The molecule has 0 atom stereocenters. The summed E-state index contributed by atoms with van der Waals surface area (Å²) in [5, 5.41) is 0. The number of hydrogen-bond acceptors (Lipinski definition) is 3. The molecule has 14 heavy (non-hydrogen) atoms. The molecule has 72 valence electrons. The summed E-state index contributed by atoms with van der Waals surface area (Å²) < 4.78 is 5.51. The first-order chi connectivity index (χ1) is 6.68. The second kappa shape index (κ2) is 3.71. The van der Waals surface area contributed by atoms with Crippen LogP contribution in [0.5, 0.6) is 0 Å². The topological polar surface area (TPSA) is 30.2 Å². The lowest BCUT2D eigenvalue weighted by Crippen LogP contribution is -1.96. The Morgan fingerprint density at radius 3 is 2.71 bits per heavy atom. The third kappa shape index (κ3) is 1.67. The van der Waals surface area contributed by atoms with E-state index in [1.807, 2.05) is 19.1 Å². The third-order valence-electron chi connectivity index (χ3n) is 1.83. The number of rotatable bonds is 2. The fraction of sp³-hybridized carbons (Fsp3) is 0.100. The summed E-state index contributed by atoms with van der Waals surface area (Å²) in [4.78, 5) is 13.7. The fourth-order valence-corrected chi connectivity index (χ4v) is 2.39. The molecule has 0 saturated carbocycles. The number of thiophene rings is 1. The highest BCUT2D eigenvalue weighted by atomic mass is 79.9. The van der Waals surface area contributed by atoms with Gasteiger partial charge in [0.05, 0.1) is 16.7 Å². The molecule has 0 unspecified atom stereocenters. The van der Waals surface area contributed by atoms with E-state index < -0.39 is 0 Å². The fourth-order valence-electron chi connectivity index (χ4n) is 1.15. The third-order valence-corrected chi connectivity index (χ3v) is 3.44. The van der Waals surface area contributed by atoms with Crippen LogP contribution >= 0.6 is 27.3 Å². The predicted octanol–water partition coefficient (Wildman–Crippen LogP) is 3.64. The van der Waals surface area contributed by atoms with Crippen molar-refractivity contribution >= 4 is 33.0 Å². The maximum Gasteiger partial charge on any atom is 0.207 e. The average molecular weight is 271 g/mol. The lowest BCUT2D eigenvalue weighted by atomic mass is 10.2. The molecule has 0 N–H and O–H groups in total. The smallest absolute Gasteiger partial charge is 0.207 e. The summed E-state index contributed by atoms with van der Waals surface area (Å²) in [5.74, 6) is 0.00345. The Balaban J connectivity index is 2.38. The molecule has 0 aliphatic heterocycles. The van der Waals surface area contributed by atoms with Crippen LogP contribution < -0.4 is 0 Å². The van der Waals surface area contributed by atoms with Gasteiger partial charge in [-0.15, -0.1) is 11.3 Å². The van der Waals surface area contributed by atoms with Crippen LogP contribution in [0.1, 0.15) is 20.1 Å². The van der Waals surface area contributed by atoms with Gasteiger partial charge in [-0.05, 0) is 41.1 Å². The second-order valence-electron chi connectivity index (χ2n) is 2.85. The zero-order valence-electron chi connectivity index (χ0n) is 7.41. The average Bonchev–Trinajstić information content (AvgIpc) is 2.73. The molecule has 0 amide bonds. The number of carbonyl (C=O) groups excluding carboxylic acids is 1. The van der Waals surface area contributed by atoms with Crippen molar-refractivity contribution in [3.05, 3.63) is 44.4 Å². The highest BCUT2D eigenvalue weighted by Crippen LogP contribution is 2.24. The Kier molecular flexibility index (Phi) is 2.56. The largest absolute Gasteiger partial charge is 0.457 e. The van der Waals surface area contributed by atoms with Crippen molar-refractivity contribution in [3.63, 3.8) is 0 Å². The Labute approximate surface area is 93.7 Å². The van der Waals surface area contributed by atoms with Crippen LogP contribution in [-0.4, -0.2) is 5.78 Å². The molecule has 0 bridgehead atoms. The van der Waals surface area contributed by atoms with Crippen molar-refractivity contribution in [1.82, 2.24) is 0 Å². The SMILES string of the molecule is Cc1ccc(C(=O)c2ccoc2Br)s1. The van der Waals surface area contributed by atoms with E-state index in [1.165, 1.54) is 17.6 Å². The molecule has 4 heteroatoms. The first-order valence-corrected chi connectivity index (χ1v) is 5.63. The van der Waals surface area contributed by atoms with Gasteiger partial charge in [-0.2, -0.15) is 0 Å². The van der Waals surface area contributed by atoms with Crippen molar-refractivity contribution in [2.75, 3.05) is 0 Å². The molecular formula is C10H7BrO2S. The Hall–Kier alpha value is -0.870. The first-order valence-electron chi connectivity index (χ1n) is 4.02. The number of carbonyl (C=O) groups is 1. The number of hydrogen-bond donors (Lipinski definition) is 0. The van der Waals surface area contributed by atoms with Gasteiger partial charge < -0.3 is 4.42 Å². The van der Waals surface area contributed by atoms with Gasteiger partial charge in [0.1, 0.15) is 0 Å². The minimum atomic E-state index is 0.00345. The molecule has 0 spiro atoms. The number of aryl methyl sites for hydroxylation is 1. The summed E-state index contributed by atoms with van der Waals surface area (Å²) in [6.45, 7) is 1.98. The van der Waals surface area contributed by atoms with Crippen molar-refractivity contribution in [2.45, 2.75) is 6.92 Å². The minimum absolute atomic E-state index is 0.00345. The molecule has 2 aromatic rings. The van der Waals surface area contributed by atoms with E-state index in [0.717, 1.165) is 9.75 Å². The molecule has 2 rings (SSSR count). The van der Waals surface area contributed by atoms with Crippen LogP contribution in [0.25, 0.3) is 0 Å². The number of furan rings is 1. The van der Waals surface area contributed by atoms with Gasteiger partial charge in [-0.25, -0.2) is 0 Å². The zero-order chi connectivity index (χ0) is 10.1. The summed E-state index contributed by atoms with van der Waals surface area (Å²) in [7, 11) is 0. The van der Waals surface area contributed by atoms with Crippen molar-refractivity contribution in [3.8, 4) is 0 Å². The lowest BCUT2D eigenvalue weighted by Gasteiger charge is -1.92. The number of ketones is 1. The molecular weight excluding hydrogens is 264 g/mol. The van der Waals surface area contributed by atoms with Crippen LogP contribution in [0, 0.1) is 6.92 Å². The number of halogens is 1. The predicted molar refractivity (Wildman–Crippen MR) is 58.9 cm³/mol. The molecule has 2 aromatic heterocycles. The van der Waals surface area contributed by atoms with E-state index in [0.29, 0.717) is 10.2 Å². The molecule has 0 aliphatic carbocycles. The van der Waals surface area contributed by atoms with Crippen LogP contribution in [0.15, 0.2) is 33.5 Å². The molecule has 2 heterocycles. The molecule has 0 radical (unpaired) electrons. The Bertz CT molecular complexity index is 470. The highest BCUT2D eigenvalue weighted by molar-refractivity contribution is 9.10. The summed E-state index contributed by atoms with van der Waals surface area (Å²) in [6, 6.07) is 5.44. The van der Waals surface area contributed by atoms with Gasteiger partial charge in [0, 0.05) is 4.88 Å². The molecule has 0 fully saturated rings.